The Kier molecular flexibility index (Phi) is 6.61. The molecular weight excluding hydrogens is 378 g/mol. The number of methoxy groups -OCH3 is 1. The molecule has 0 bridgehead atoms. The third-order valence-electron chi connectivity index (χ3n) is 4.23. The second-order valence-corrected chi connectivity index (χ2v) is 9.56. The van der Waals surface area contributed by atoms with Crippen LogP contribution in [0.3, 0.4) is 0 Å². The van der Waals surface area contributed by atoms with E-state index >= 15 is 0 Å². The minimum atomic E-state index is -3.53. The number of hydrogen-bond donors (Lipinski definition) is 1. The van der Waals surface area contributed by atoms with Gasteiger partial charge in [-0.25, -0.2) is 13.2 Å². The van der Waals surface area contributed by atoms with Crippen LogP contribution in [0.2, 0.25) is 0 Å². The van der Waals surface area contributed by atoms with Gasteiger partial charge in [-0.3, -0.25) is 4.79 Å². The first-order valence-electron chi connectivity index (χ1n) is 8.80. The predicted molar refractivity (Wildman–Crippen MR) is 106 cm³/mol. The van der Waals surface area contributed by atoms with Crippen molar-refractivity contribution in [1.29, 1.82) is 0 Å². The van der Waals surface area contributed by atoms with E-state index < -0.39 is 33.2 Å². The molecule has 0 aliphatic carbocycles. The van der Waals surface area contributed by atoms with Crippen molar-refractivity contribution in [3.05, 3.63) is 65.7 Å². The highest BCUT2D eigenvalue weighted by molar-refractivity contribution is 7.90. The van der Waals surface area contributed by atoms with Crippen LogP contribution in [-0.2, 0) is 25.1 Å². The van der Waals surface area contributed by atoms with E-state index in [-0.39, 0.29) is 16.2 Å². The molecule has 0 aliphatic heterocycles. The van der Waals surface area contributed by atoms with Gasteiger partial charge >= 0.3 is 5.97 Å². The lowest BCUT2D eigenvalue weighted by Crippen LogP contribution is -2.49. The van der Waals surface area contributed by atoms with E-state index in [4.69, 9.17) is 4.74 Å². The molecule has 1 amide bonds. The van der Waals surface area contributed by atoms with E-state index in [1.807, 2.05) is 20.8 Å². The molecule has 2 rings (SSSR count). The quantitative estimate of drug-likeness (QED) is 0.749. The molecule has 1 N–H and O–H groups in total. The fraction of sp³-hybridized carbons (Fsp3) is 0.333. The van der Waals surface area contributed by atoms with Crippen molar-refractivity contribution in [1.82, 2.24) is 5.32 Å². The van der Waals surface area contributed by atoms with Crippen LogP contribution < -0.4 is 5.32 Å². The van der Waals surface area contributed by atoms with Gasteiger partial charge in [-0.05, 0) is 35.2 Å². The Morgan fingerprint density at radius 3 is 2.25 bits per heavy atom. The SMILES string of the molecule is COC(=O)[C@H](NC(=O)c1cccc(CS(=O)(=O)c2ccccc2)c1)C(C)(C)C. The first kappa shape index (κ1) is 21.6. The van der Waals surface area contributed by atoms with Gasteiger partial charge in [0.05, 0.1) is 17.8 Å². The van der Waals surface area contributed by atoms with E-state index in [0.29, 0.717) is 5.56 Å². The van der Waals surface area contributed by atoms with Gasteiger partial charge in [-0.15, -0.1) is 0 Å². The number of hydrogen-bond acceptors (Lipinski definition) is 5. The lowest BCUT2D eigenvalue weighted by Gasteiger charge is -2.29. The normalized spacial score (nSPS) is 12.9. The molecule has 28 heavy (non-hydrogen) atoms. The number of benzene rings is 2. The zero-order valence-corrected chi connectivity index (χ0v) is 17.2. The van der Waals surface area contributed by atoms with Crippen LogP contribution in [-0.4, -0.2) is 33.4 Å². The van der Waals surface area contributed by atoms with Gasteiger partial charge in [0, 0.05) is 5.56 Å². The largest absolute Gasteiger partial charge is 0.467 e. The smallest absolute Gasteiger partial charge is 0.328 e. The summed E-state index contributed by atoms with van der Waals surface area (Å²) in [5, 5.41) is 2.68. The van der Waals surface area contributed by atoms with Crippen LogP contribution in [0.15, 0.2) is 59.5 Å². The van der Waals surface area contributed by atoms with Crippen molar-refractivity contribution in [2.45, 2.75) is 37.5 Å². The van der Waals surface area contributed by atoms with Crippen LogP contribution in [0.1, 0.15) is 36.7 Å². The van der Waals surface area contributed by atoms with Gasteiger partial charge in [-0.2, -0.15) is 0 Å². The van der Waals surface area contributed by atoms with E-state index in [2.05, 4.69) is 5.32 Å². The molecule has 6 nitrogen and oxygen atoms in total. The number of carbonyl (C=O) groups is 2. The minimum Gasteiger partial charge on any atom is -0.467 e. The van der Waals surface area contributed by atoms with Crippen LogP contribution in [0.5, 0.6) is 0 Å². The van der Waals surface area contributed by atoms with Crippen LogP contribution in [0.4, 0.5) is 0 Å². The summed E-state index contributed by atoms with van der Waals surface area (Å²) in [6, 6.07) is 13.7. The number of esters is 1. The summed E-state index contributed by atoms with van der Waals surface area (Å²) in [6.45, 7) is 5.45. The Morgan fingerprint density at radius 1 is 1.04 bits per heavy atom. The summed E-state index contributed by atoms with van der Waals surface area (Å²) in [7, 11) is -2.26. The number of amides is 1. The van der Waals surface area contributed by atoms with Gasteiger partial charge in [0.1, 0.15) is 6.04 Å². The lowest BCUT2D eigenvalue weighted by molar-refractivity contribution is -0.145. The summed E-state index contributed by atoms with van der Waals surface area (Å²) < 4.78 is 29.9. The second kappa shape index (κ2) is 8.56. The summed E-state index contributed by atoms with van der Waals surface area (Å²) in [6.07, 6.45) is 0. The number of ether oxygens (including phenoxy) is 1. The van der Waals surface area contributed by atoms with Crippen LogP contribution >= 0.6 is 0 Å². The molecule has 0 saturated heterocycles. The van der Waals surface area contributed by atoms with E-state index in [0.717, 1.165) is 0 Å². The van der Waals surface area contributed by atoms with Crippen LogP contribution in [0, 0.1) is 5.41 Å². The number of nitrogens with one attached hydrogen (secondary N) is 1. The van der Waals surface area contributed by atoms with Gasteiger partial charge in [0.25, 0.3) is 5.91 Å². The van der Waals surface area contributed by atoms with Crippen molar-refractivity contribution in [2.24, 2.45) is 5.41 Å². The molecule has 0 heterocycles. The molecule has 0 fully saturated rings. The maximum atomic E-state index is 12.6. The van der Waals surface area contributed by atoms with Crippen molar-refractivity contribution < 1.29 is 22.7 Å². The molecule has 1 atom stereocenters. The Bertz CT molecular complexity index is 946. The highest BCUT2D eigenvalue weighted by atomic mass is 32.2. The third-order valence-corrected chi connectivity index (χ3v) is 5.93. The minimum absolute atomic E-state index is 0.224. The van der Waals surface area contributed by atoms with Gasteiger partial charge in [-0.1, -0.05) is 51.1 Å². The molecule has 7 heteroatoms. The Hall–Kier alpha value is -2.67. The highest BCUT2D eigenvalue weighted by Crippen LogP contribution is 2.21. The van der Waals surface area contributed by atoms with Gasteiger partial charge in [0.15, 0.2) is 9.84 Å². The molecule has 0 spiro atoms. The molecular formula is C21H25NO5S. The van der Waals surface area contributed by atoms with Crippen LogP contribution in [0.25, 0.3) is 0 Å². The molecule has 150 valence electrons. The average molecular weight is 404 g/mol. The zero-order chi connectivity index (χ0) is 20.9. The summed E-state index contributed by atoms with van der Waals surface area (Å²) in [4.78, 5) is 24.9. The Balaban J connectivity index is 2.22. The third kappa shape index (κ3) is 5.42. The van der Waals surface area contributed by atoms with Crippen molar-refractivity contribution in [3.8, 4) is 0 Å². The molecule has 0 radical (unpaired) electrons. The first-order valence-corrected chi connectivity index (χ1v) is 10.5. The zero-order valence-electron chi connectivity index (χ0n) is 16.4. The topological polar surface area (TPSA) is 89.5 Å². The summed E-state index contributed by atoms with van der Waals surface area (Å²) in [5.41, 5.74) is 0.220. The van der Waals surface area contributed by atoms with E-state index in [1.165, 1.54) is 25.3 Å². The van der Waals surface area contributed by atoms with Crippen molar-refractivity contribution in [2.75, 3.05) is 7.11 Å². The fourth-order valence-electron chi connectivity index (χ4n) is 2.69. The molecule has 2 aromatic rings. The Labute approximate surface area is 165 Å². The molecule has 0 saturated carbocycles. The number of sulfone groups is 1. The average Bonchev–Trinajstić information content (AvgIpc) is 2.65. The van der Waals surface area contributed by atoms with Crippen molar-refractivity contribution in [3.63, 3.8) is 0 Å². The maximum absolute atomic E-state index is 12.6. The maximum Gasteiger partial charge on any atom is 0.328 e. The fourth-order valence-corrected chi connectivity index (χ4v) is 4.05. The molecule has 0 aliphatic rings. The number of carbonyl (C=O) groups excluding carboxylic acids is 2. The highest BCUT2D eigenvalue weighted by Gasteiger charge is 2.33. The Morgan fingerprint density at radius 2 is 1.68 bits per heavy atom. The standard InChI is InChI=1S/C21H25NO5S/c1-21(2,3)18(20(24)27-4)22-19(23)16-10-8-9-15(13-16)14-28(25,26)17-11-6-5-7-12-17/h5-13,18H,14H2,1-4H3,(H,22,23)/t18-/m0/s1. The molecule has 2 aromatic carbocycles. The monoisotopic (exact) mass is 403 g/mol. The summed E-state index contributed by atoms with van der Waals surface area (Å²) in [5.74, 6) is -1.23. The van der Waals surface area contributed by atoms with E-state index in [1.54, 1.807) is 36.4 Å². The van der Waals surface area contributed by atoms with Crippen molar-refractivity contribution >= 4 is 21.7 Å². The lowest BCUT2D eigenvalue weighted by atomic mass is 9.86. The number of rotatable bonds is 6. The summed E-state index contributed by atoms with van der Waals surface area (Å²) >= 11 is 0. The molecule has 0 unspecified atom stereocenters. The second-order valence-electron chi connectivity index (χ2n) is 7.57. The molecule has 0 aromatic heterocycles. The first-order chi connectivity index (χ1) is 13.0. The van der Waals surface area contributed by atoms with E-state index in [9.17, 15) is 18.0 Å². The van der Waals surface area contributed by atoms with Gasteiger partial charge < -0.3 is 10.1 Å². The predicted octanol–water partition coefficient (Wildman–Crippen LogP) is 2.98. The van der Waals surface area contributed by atoms with Gasteiger partial charge in [0.2, 0.25) is 0 Å².